The van der Waals surface area contributed by atoms with Gasteiger partial charge in [0, 0.05) is 24.1 Å². The number of carbonyl (C=O) groups excluding carboxylic acids is 1. The Morgan fingerprint density at radius 3 is 2.70 bits per heavy atom. The SMILES string of the molecule is CS(=O)(=O)c1cccc(NC(=O)c2c(CO)cnn2CC2CCCCC2)c1. The number of anilines is 1. The molecule has 1 aliphatic carbocycles. The first-order valence-corrected chi connectivity index (χ1v) is 11.0. The van der Waals surface area contributed by atoms with Crippen molar-refractivity contribution in [3.63, 3.8) is 0 Å². The van der Waals surface area contributed by atoms with Gasteiger partial charge in [-0.15, -0.1) is 0 Å². The molecule has 0 aliphatic heterocycles. The number of nitrogens with zero attached hydrogens (tertiary/aromatic N) is 2. The zero-order valence-electron chi connectivity index (χ0n) is 15.4. The van der Waals surface area contributed by atoms with Gasteiger partial charge in [-0.05, 0) is 37.0 Å². The van der Waals surface area contributed by atoms with Crippen molar-refractivity contribution in [3.05, 3.63) is 41.7 Å². The van der Waals surface area contributed by atoms with Crippen molar-refractivity contribution in [3.8, 4) is 0 Å². The Kier molecular flexibility index (Phi) is 5.96. The quantitative estimate of drug-likeness (QED) is 0.788. The van der Waals surface area contributed by atoms with Crippen LogP contribution in [-0.4, -0.2) is 35.5 Å². The third-order valence-corrected chi connectivity index (χ3v) is 6.09. The van der Waals surface area contributed by atoms with Crippen molar-refractivity contribution in [2.45, 2.75) is 50.2 Å². The largest absolute Gasteiger partial charge is 0.392 e. The molecule has 0 spiro atoms. The molecule has 1 saturated carbocycles. The van der Waals surface area contributed by atoms with Crippen LogP contribution in [-0.2, 0) is 23.0 Å². The van der Waals surface area contributed by atoms with Gasteiger partial charge >= 0.3 is 0 Å². The number of carbonyl (C=O) groups is 1. The van der Waals surface area contributed by atoms with Crippen LogP contribution < -0.4 is 5.32 Å². The molecule has 146 valence electrons. The van der Waals surface area contributed by atoms with E-state index in [9.17, 15) is 18.3 Å². The molecule has 0 radical (unpaired) electrons. The summed E-state index contributed by atoms with van der Waals surface area (Å²) >= 11 is 0. The number of benzene rings is 1. The van der Waals surface area contributed by atoms with Gasteiger partial charge in [0.2, 0.25) is 0 Å². The number of aromatic nitrogens is 2. The number of sulfone groups is 1. The topological polar surface area (TPSA) is 101 Å². The van der Waals surface area contributed by atoms with Crippen LogP contribution in [0.3, 0.4) is 0 Å². The van der Waals surface area contributed by atoms with Crippen molar-refractivity contribution in [1.82, 2.24) is 9.78 Å². The van der Waals surface area contributed by atoms with Crippen LogP contribution in [0, 0.1) is 5.92 Å². The molecule has 1 aromatic carbocycles. The standard InChI is InChI=1S/C19H25N3O4S/c1-27(25,26)17-9-5-8-16(10-17)21-19(24)18-15(13-23)11-20-22(18)12-14-6-3-2-4-7-14/h5,8-11,14,23H,2-4,6-7,12-13H2,1H3,(H,21,24). The summed E-state index contributed by atoms with van der Waals surface area (Å²) in [5.74, 6) is 0.0725. The molecule has 3 rings (SSSR count). The first-order valence-electron chi connectivity index (χ1n) is 9.15. The van der Waals surface area contributed by atoms with Crippen molar-refractivity contribution < 1.29 is 18.3 Å². The molecule has 1 amide bonds. The van der Waals surface area contributed by atoms with E-state index in [0.29, 0.717) is 29.4 Å². The minimum Gasteiger partial charge on any atom is -0.392 e. The number of nitrogens with one attached hydrogen (secondary N) is 1. The second kappa shape index (κ2) is 8.22. The molecular formula is C19H25N3O4S. The number of hydrogen-bond acceptors (Lipinski definition) is 5. The van der Waals surface area contributed by atoms with Gasteiger partial charge in [0.1, 0.15) is 5.69 Å². The Balaban J connectivity index is 1.82. The van der Waals surface area contributed by atoms with E-state index in [2.05, 4.69) is 10.4 Å². The molecule has 2 aromatic rings. The lowest BCUT2D eigenvalue weighted by Gasteiger charge is -2.22. The van der Waals surface area contributed by atoms with Gasteiger partial charge in [-0.25, -0.2) is 8.42 Å². The number of amides is 1. The summed E-state index contributed by atoms with van der Waals surface area (Å²) in [5, 5.41) is 16.6. The number of aliphatic hydroxyl groups is 1. The number of rotatable bonds is 6. The zero-order chi connectivity index (χ0) is 19.4. The Labute approximate surface area is 159 Å². The van der Waals surface area contributed by atoms with Crippen LogP contribution in [0.2, 0.25) is 0 Å². The number of hydrogen-bond donors (Lipinski definition) is 2. The molecule has 1 aliphatic rings. The van der Waals surface area contributed by atoms with Crippen molar-refractivity contribution >= 4 is 21.4 Å². The smallest absolute Gasteiger partial charge is 0.274 e. The highest BCUT2D eigenvalue weighted by atomic mass is 32.2. The molecule has 1 fully saturated rings. The molecule has 0 bridgehead atoms. The molecule has 0 saturated heterocycles. The second-order valence-electron chi connectivity index (χ2n) is 7.12. The van der Waals surface area contributed by atoms with E-state index in [1.54, 1.807) is 16.8 Å². The minimum absolute atomic E-state index is 0.137. The maximum Gasteiger partial charge on any atom is 0.274 e. The molecule has 0 atom stereocenters. The van der Waals surface area contributed by atoms with E-state index in [-0.39, 0.29) is 11.5 Å². The average Bonchev–Trinajstić information content (AvgIpc) is 3.05. The molecule has 7 nitrogen and oxygen atoms in total. The maximum absolute atomic E-state index is 12.8. The summed E-state index contributed by atoms with van der Waals surface area (Å²) in [4.78, 5) is 13.0. The minimum atomic E-state index is -3.36. The van der Waals surface area contributed by atoms with Crippen molar-refractivity contribution in [2.75, 3.05) is 11.6 Å². The van der Waals surface area contributed by atoms with E-state index in [0.717, 1.165) is 19.1 Å². The van der Waals surface area contributed by atoms with Crippen LogP contribution in [0.25, 0.3) is 0 Å². The normalized spacial score (nSPS) is 15.6. The van der Waals surface area contributed by atoms with Crippen LogP contribution >= 0.6 is 0 Å². The van der Waals surface area contributed by atoms with Gasteiger partial charge in [-0.3, -0.25) is 9.48 Å². The lowest BCUT2D eigenvalue weighted by molar-refractivity contribution is 0.101. The Bertz CT molecular complexity index is 915. The summed E-state index contributed by atoms with van der Waals surface area (Å²) in [6.45, 7) is 0.364. The van der Waals surface area contributed by atoms with Crippen LogP contribution in [0.4, 0.5) is 5.69 Å². The van der Waals surface area contributed by atoms with Crippen LogP contribution in [0.15, 0.2) is 35.4 Å². The Morgan fingerprint density at radius 1 is 1.30 bits per heavy atom. The summed E-state index contributed by atoms with van der Waals surface area (Å²) in [5.41, 5.74) is 1.17. The first-order chi connectivity index (χ1) is 12.9. The molecule has 1 heterocycles. The fourth-order valence-electron chi connectivity index (χ4n) is 3.55. The fourth-order valence-corrected chi connectivity index (χ4v) is 4.22. The van der Waals surface area contributed by atoms with Gasteiger partial charge in [0.15, 0.2) is 9.84 Å². The van der Waals surface area contributed by atoms with Gasteiger partial charge in [0.25, 0.3) is 5.91 Å². The van der Waals surface area contributed by atoms with Gasteiger partial charge in [-0.1, -0.05) is 25.3 Å². The zero-order valence-corrected chi connectivity index (χ0v) is 16.2. The fraction of sp³-hybridized carbons (Fsp3) is 0.474. The maximum atomic E-state index is 12.8. The van der Waals surface area contributed by atoms with Crippen LogP contribution in [0.1, 0.15) is 48.2 Å². The molecular weight excluding hydrogens is 366 g/mol. The van der Waals surface area contributed by atoms with E-state index >= 15 is 0 Å². The Morgan fingerprint density at radius 2 is 2.04 bits per heavy atom. The van der Waals surface area contributed by atoms with E-state index in [4.69, 9.17) is 0 Å². The van der Waals surface area contributed by atoms with Gasteiger partial charge in [0.05, 0.1) is 17.7 Å². The average molecular weight is 391 g/mol. The van der Waals surface area contributed by atoms with Crippen molar-refractivity contribution in [1.29, 1.82) is 0 Å². The summed E-state index contributed by atoms with van der Waals surface area (Å²) in [6.07, 6.45) is 8.51. The predicted molar refractivity (Wildman–Crippen MR) is 102 cm³/mol. The summed E-state index contributed by atoms with van der Waals surface area (Å²) in [6, 6.07) is 6.12. The third kappa shape index (κ3) is 4.75. The summed E-state index contributed by atoms with van der Waals surface area (Å²) < 4.78 is 25.1. The molecule has 1 aromatic heterocycles. The molecule has 2 N–H and O–H groups in total. The van der Waals surface area contributed by atoms with E-state index < -0.39 is 15.7 Å². The monoisotopic (exact) mass is 391 g/mol. The number of aliphatic hydroxyl groups excluding tert-OH is 1. The van der Waals surface area contributed by atoms with E-state index in [1.807, 2.05) is 0 Å². The second-order valence-corrected chi connectivity index (χ2v) is 9.13. The van der Waals surface area contributed by atoms with Gasteiger partial charge in [-0.2, -0.15) is 5.10 Å². The Hall–Kier alpha value is -2.19. The molecule has 27 heavy (non-hydrogen) atoms. The van der Waals surface area contributed by atoms with Crippen LogP contribution in [0.5, 0.6) is 0 Å². The highest BCUT2D eigenvalue weighted by Gasteiger charge is 2.22. The first kappa shape index (κ1) is 19.6. The highest BCUT2D eigenvalue weighted by Crippen LogP contribution is 2.26. The highest BCUT2D eigenvalue weighted by molar-refractivity contribution is 7.90. The van der Waals surface area contributed by atoms with Gasteiger partial charge < -0.3 is 10.4 Å². The van der Waals surface area contributed by atoms with Crippen molar-refractivity contribution in [2.24, 2.45) is 5.92 Å². The lowest BCUT2D eigenvalue weighted by atomic mass is 9.89. The predicted octanol–water partition coefficient (Wildman–Crippen LogP) is 2.61. The third-order valence-electron chi connectivity index (χ3n) is 4.98. The summed E-state index contributed by atoms with van der Waals surface area (Å²) in [7, 11) is -3.36. The van der Waals surface area contributed by atoms with E-state index in [1.165, 1.54) is 37.6 Å². The molecule has 8 heteroatoms. The molecule has 0 unspecified atom stereocenters. The lowest BCUT2D eigenvalue weighted by Crippen LogP contribution is -2.23.